The average molecular weight is 269 g/mol. The van der Waals surface area contributed by atoms with Crippen LogP contribution in [-0.2, 0) is 0 Å². The van der Waals surface area contributed by atoms with Crippen molar-refractivity contribution in [1.82, 2.24) is 5.32 Å². The molecule has 0 fully saturated rings. The van der Waals surface area contributed by atoms with Crippen molar-refractivity contribution in [1.29, 1.82) is 0 Å². The summed E-state index contributed by atoms with van der Waals surface area (Å²) in [6.07, 6.45) is 0.732. The molecular formula is C18H23NO. The van der Waals surface area contributed by atoms with Gasteiger partial charge in [-0.1, -0.05) is 67.6 Å². The summed E-state index contributed by atoms with van der Waals surface area (Å²) in [4.78, 5) is 0. The van der Waals surface area contributed by atoms with E-state index in [1.165, 1.54) is 11.1 Å². The van der Waals surface area contributed by atoms with Gasteiger partial charge in [-0.15, -0.1) is 0 Å². The summed E-state index contributed by atoms with van der Waals surface area (Å²) in [7, 11) is 0. The van der Waals surface area contributed by atoms with E-state index in [4.69, 9.17) is 0 Å². The molecule has 2 nitrogen and oxygen atoms in total. The minimum atomic E-state index is -0.679. The minimum Gasteiger partial charge on any atom is -0.389 e. The maximum Gasteiger partial charge on any atom is 0.0741 e. The second-order valence-corrected chi connectivity index (χ2v) is 5.49. The van der Waals surface area contributed by atoms with E-state index in [0.717, 1.165) is 6.42 Å². The van der Waals surface area contributed by atoms with E-state index >= 15 is 0 Å². The third-order valence-corrected chi connectivity index (χ3v) is 3.71. The van der Waals surface area contributed by atoms with Crippen molar-refractivity contribution in [3.05, 3.63) is 71.8 Å². The second kappa shape index (κ2) is 6.69. The maximum absolute atomic E-state index is 10.2. The van der Waals surface area contributed by atoms with Gasteiger partial charge in [0.25, 0.3) is 0 Å². The van der Waals surface area contributed by atoms with Gasteiger partial charge >= 0.3 is 0 Å². The summed E-state index contributed by atoms with van der Waals surface area (Å²) in [5, 5.41) is 13.7. The number of rotatable bonds is 6. The molecular weight excluding hydrogens is 246 g/mol. The van der Waals surface area contributed by atoms with Crippen molar-refractivity contribution in [2.75, 3.05) is 6.54 Å². The lowest BCUT2D eigenvalue weighted by molar-refractivity contribution is 0.0540. The van der Waals surface area contributed by atoms with Gasteiger partial charge in [-0.2, -0.15) is 0 Å². The molecule has 2 heteroatoms. The molecule has 0 saturated carbocycles. The third-order valence-electron chi connectivity index (χ3n) is 3.71. The normalized spacial score (nSPS) is 14.2. The van der Waals surface area contributed by atoms with E-state index in [1.54, 1.807) is 0 Å². The van der Waals surface area contributed by atoms with Crippen molar-refractivity contribution in [2.45, 2.75) is 31.9 Å². The number of hydrogen-bond acceptors (Lipinski definition) is 2. The zero-order chi connectivity index (χ0) is 14.4. The van der Waals surface area contributed by atoms with Gasteiger partial charge in [-0.3, -0.25) is 0 Å². The summed E-state index contributed by atoms with van der Waals surface area (Å²) >= 11 is 0. The zero-order valence-electron chi connectivity index (χ0n) is 12.2. The summed E-state index contributed by atoms with van der Waals surface area (Å²) in [6, 6.07) is 20.8. The van der Waals surface area contributed by atoms with Gasteiger partial charge in [-0.25, -0.2) is 0 Å². The van der Waals surface area contributed by atoms with Crippen LogP contribution in [0.2, 0.25) is 0 Å². The Bertz CT molecular complexity index is 468. The molecule has 0 amide bonds. The topological polar surface area (TPSA) is 32.3 Å². The fourth-order valence-electron chi connectivity index (χ4n) is 2.17. The van der Waals surface area contributed by atoms with Crippen LogP contribution < -0.4 is 5.32 Å². The first-order chi connectivity index (χ1) is 9.62. The van der Waals surface area contributed by atoms with Crippen LogP contribution in [0.3, 0.4) is 0 Å². The highest BCUT2D eigenvalue weighted by Gasteiger charge is 2.21. The highest BCUT2D eigenvalue weighted by Crippen LogP contribution is 2.22. The zero-order valence-corrected chi connectivity index (χ0v) is 12.2. The largest absolute Gasteiger partial charge is 0.389 e. The molecule has 0 radical (unpaired) electrons. The van der Waals surface area contributed by atoms with E-state index in [0.29, 0.717) is 6.54 Å². The third kappa shape index (κ3) is 3.92. The fourth-order valence-corrected chi connectivity index (χ4v) is 2.17. The van der Waals surface area contributed by atoms with Crippen molar-refractivity contribution in [2.24, 2.45) is 0 Å². The van der Waals surface area contributed by atoms with Gasteiger partial charge in [-0.05, 0) is 24.5 Å². The van der Waals surface area contributed by atoms with Crippen LogP contribution in [0.1, 0.15) is 37.4 Å². The number of nitrogens with one attached hydrogen (secondary N) is 1. The molecule has 0 saturated heterocycles. The van der Waals surface area contributed by atoms with Crippen LogP contribution in [0.15, 0.2) is 60.7 Å². The van der Waals surface area contributed by atoms with Crippen molar-refractivity contribution in [3.63, 3.8) is 0 Å². The minimum absolute atomic E-state index is 0.107. The Hall–Kier alpha value is -1.64. The summed E-state index contributed by atoms with van der Waals surface area (Å²) in [6.45, 7) is 4.44. The van der Waals surface area contributed by atoms with Gasteiger partial charge in [0.15, 0.2) is 0 Å². The first-order valence-electron chi connectivity index (χ1n) is 7.18. The lowest BCUT2D eigenvalue weighted by atomic mass is 9.97. The molecule has 0 aliphatic rings. The smallest absolute Gasteiger partial charge is 0.0741 e. The van der Waals surface area contributed by atoms with Gasteiger partial charge in [0, 0.05) is 6.54 Å². The van der Waals surface area contributed by atoms with Crippen molar-refractivity contribution >= 4 is 0 Å². The Morgan fingerprint density at radius 1 is 0.950 bits per heavy atom. The highest BCUT2D eigenvalue weighted by atomic mass is 16.3. The molecule has 1 unspecified atom stereocenters. The van der Waals surface area contributed by atoms with Crippen LogP contribution in [-0.4, -0.2) is 17.3 Å². The van der Waals surface area contributed by atoms with E-state index in [2.05, 4.69) is 29.6 Å². The van der Waals surface area contributed by atoms with Crippen molar-refractivity contribution < 1.29 is 5.11 Å². The Morgan fingerprint density at radius 3 is 1.80 bits per heavy atom. The highest BCUT2D eigenvalue weighted by molar-refractivity contribution is 5.31. The van der Waals surface area contributed by atoms with E-state index in [-0.39, 0.29) is 6.04 Å². The Kier molecular flexibility index (Phi) is 4.94. The van der Waals surface area contributed by atoms with Gasteiger partial charge in [0.1, 0.15) is 0 Å². The monoisotopic (exact) mass is 269 g/mol. The molecule has 20 heavy (non-hydrogen) atoms. The SMILES string of the molecule is CCC(C)(O)CNC(c1ccccc1)c1ccccc1. The predicted molar refractivity (Wildman–Crippen MR) is 83.6 cm³/mol. The Labute approximate surface area is 121 Å². The van der Waals surface area contributed by atoms with Crippen LogP contribution >= 0.6 is 0 Å². The molecule has 2 aromatic carbocycles. The second-order valence-electron chi connectivity index (χ2n) is 5.49. The molecule has 2 aromatic rings. The standard InChI is InChI=1S/C18H23NO/c1-3-18(2,20)14-19-17(15-10-6-4-7-11-15)16-12-8-5-9-13-16/h4-13,17,19-20H,3,14H2,1-2H3. The van der Waals surface area contributed by atoms with Crippen LogP contribution in [0, 0.1) is 0 Å². The van der Waals surface area contributed by atoms with E-state index in [1.807, 2.05) is 50.2 Å². The maximum atomic E-state index is 10.2. The molecule has 106 valence electrons. The lowest BCUT2D eigenvalue weighted by Crippen LogP contribution is -2.39. The van der Waals surface area contributed by atoms with Gasteiger partial charge in [0.05, 0.1) is 11.6 Å². The molecule has 1 atom stereocenters. The molecule has 0 spiro atoms. The first kappa shape index (κ1) is 14.8. The summed E-state index contributed by atoms with van der Waals surface area (Å²) in [5.41, 5.74) is 1.75. The molecule has 0 heterocycles. The lowest BCUT2D eigenvalue weighted by Gasteiger charge is -2.27. The number of hydrogen-bond donors (Lipinski definition) is 2. The van der Waals surface area contributed by atoms with Crippen LogP contribution in [0.5, 0.6) is 0 Å². The quantitative estimate of drug-likeness (QED) is 0.841. The molecule has 0 aliphatic heterocycles. The van der Waals surface area contributed by atoms with Crippen LogP contribution in [0.4, 0.5) is 0 Å². The summed E-state index contributed by atoms with van der Waals surface area (Å²) in [5.74, 6) is 0. The summed E-state index contributed by atoms with van der Waals surface area (Å²) < 4.78 is 0. The Morgan fingerprint density at radius 2 is 1.40 bits per heavy atom. The van der Waals surface area contributed by atoms with Gasteiger partial charge in [0.2, 0.25) is 0 Å². The molecule has 0 aromatic heterocycles. The van der Waals surface area contributed by atoms with Gasteiger partial charge < -0.3 is 10.4 Å². The van der Waals surface area contributed by atoms with E-state index < -0.39 is 5.60 Å². The fraction of sp³-hybridized carbons (Fsp3) is 0.333. The molecule has 0 aliphatic carbocycles. The first-order valence-corrected chi connectivity index (χ1v) is 7.18. The number of benzene rings is 2. The van der Waals surface area contributed by atoms with E-state index in [9.17, 15) is 5.11 Å². The predicted octanol–water partition coefficient (Wildman–Crippen LogP) is 3.53. The molecule has 0 bridgehead atoms. The average Bonchev–Trinajstić information content (AvgIpc) is 2.49. The Balaban J connectivity index is 2.22. The van der Waals surface area contributed by atoms with Crippen LogP contribution in [0.25, 0.3) is 0 Å². The van der Waals surface area contributed by atoms with Crippen molar-refractivity contribution in [3.8, 4) is 0 Å². The molecule has 2 N–H and O–H groups in total. The molecule has 2 rings (SSSR count). The number of aliphatic hydroxyl groups is 1.